The van der Waals surface area contributed by atoms with Crippen molar-refractivity contribution in [2.75, 3.05) is 39.8 Å². The number of rotatable bonds is 3. The van der Waals surface area contributed by atoms with Crippen LogP contribution in [0.4, 0.5) is 4.39 Å². The summed E-state index contributed by atoms with van der Waals surface area (Å²) >= 11 is 0. The van der Waals surface area contributed by atoms with Gasteiger partial charge in [-0.05, 0) is 19.1 Å². The number of benzene rings is 1. The van der Waals surface area contributed by atoms with Crippen molar-refractivity contribution in [3.8, 4) is 0 Å². The molecule has 0 aromatic heterocycles. The zero-order valence-corrected chi connectivity index (χ0v) is 13.6. The van der Waals surface area contributed by atoms with Gasteiger partial charge in [-0.15, -0.1) is 12.4 Å². The lowest BCUT2D eigenvalue weighted by Crippen LogP contribution is -2.49. The van der Waals surface area contributed by atoms with Crippen molar-refractivity contribution in [2.45, 2.75) is 6.92 Å². The second-order valence-corrected chi connectivity index (χ2v) is 5.28. The lowest BCUT2D eigenvalue weighted by molar-refractivity contribution is -0.132. The van der Waals surface area contributed by atoms with E-state index in [-0.39, 0.29) is 30.4 Å². The molecule has 0 unspecified atom stereocenters. The van der Waals surface area contributed by atoms with Crippen LogP contribution in [0, 0.1) is 12.7 Å². The van der Waals surface area contributed by atoms with E-state index in [2.05, 4.69) is 5.32 Å². The van der Waals surface area contributed by atoms with Crippen LogP contribution in [0.3, 0.4) is 0 Å². The highest BCUT2D eigenvalue weighted by atomic mass is 35.5. The van der Waals surface area contributed by atoms with Crippen molar-refractivity contribution in [2.24, 2.45) is 0 Å². The summed E-state index contributed by atoms with van der Waals surface area (Å²) in [5, 5.41) is 3.16. The number of nitrogens with one attached hydrogen (secondary N) is 1. The zero-order valence-electron chi connectivity index (χ0n) is 12.8. The first-order valence-corrected chi connectivity index (χ1v) is 6.99. The van der Waals surface area contributed by atoms with Gasteiger partial charge in [-0.1, -0.05) is 11.6 Å². The van der Waals surface area contributed by atoms with Crippen LogP contribution in [0.1, 0.15) is 15.9 Å². The molecule has 0 bridgehead atoms. The van der Waals surface area contributed by atoms with Crippen LogP contribution in [-0.2, 0) is 4.79 Å². The van der Waals surface area contributed by atoms with Gasteiger partial charge < -0.3 is 15.1 Å². The summed E-state index contributed by atoms with van der Waals surface area (Å²) in [4.78, 5) is 27.3. The molecule has 0 atom stereocenters. The molecule has 122 valence electrons. The number of carbonyl (C=O) groups excluding carboxylic acids is 2. The van der Waals surface area contributed by atoms with Gasteiger partial charge in [-0.25, -0.2) is 4.39 Å². The molecule has 5 nitrogen and oxygen atoms in total. The Kier molecular flexibility index (Phi) is 6.77. The standard InChI is InChI=1S/C15H20FN3O2.ClH/c1-11-3-4-13(16)12(9-11)15(21)18(2)10-14(20)19-7-5-17-6-8-19;/h3-4,9,17H,5-8,10H2,1-2H3;1H. The average Bonchev–Trinajstić information content (AvgIpc) is 2.49. The monoisotopic (exact) mass is 329 g/mol. The van der Waals surface area contributed by atoms with E-state index in [9.17, 15) is 14.0 Å². The van der Waals surface area contributed by atoms with E-state index < -0.39 is 11.7 Å². The summed E-state index contributed by atoms with van der Waals surface area (Å²) in [6.45, 7) is 4.56. The normalized spacial score (nSPS) is 14.2. The average molecular weight is 330 g/mol. The number of hydrogen-bond acceptors (Lipinski definition) is 3. The molecule has 2 amide bonds. The van der Waals surface area contributed by atoms with Gasteiger partial charge in [0, 0.05) is 33.2 Å². The minimum Gasteiger partial charge on any atom is -0.339 e. The Morgan fingerprint density at radius 1 is 1.32 bits per heavy atom. The van der Waals surface area contributed by atoms with Gasteiger partial charge in [0.1, 0.15) is 5.82 Å². The maximum absolute atomic E-state index is 13.7. The first-order chi connectivity index (χ1) is 9.99. The van der Waals surface area contributed by atoms with Gasteiger partial charge in [0.25, 0.3) is 5.91 Å². The summed E-state index contributed by atoms with van der Waals surface area (Å²) in [6.07, 6.45) is 0. The van der Waals surface area contributed by atoms with Crippen molar-refractivity contribution in [3.63, 3.8) is 0 Å². The van der Waals surface area contributed by atoms with Crippen LogP contribution in [0.15, 0.2) is 18.2 Å². The predicted molar refractivity (Wildman–Crippen MR) is 84.8 cm³/mol. The molecule has 1 aromatic carbocycles. The molecule has 7 heteroatoms. The number of carbonyl (C=O) groups is 2. The van der Waals surface area contributed by atoms with Crippen LogP contribution in [0.25, 0.3) is 0 Å². The maximum atomic E-state index is 13.7. The van der Waals surface area contributed by atoms with Crippen LogP contribution >= 0.6 is 12.4 Å². The summed E-state index contributed by atoms with van der Waals surface area (Å²) in [5.41, 5.74) is 0.812. The molecule has 1 N–H and O–H groups in total. The third kappa shape index (κ3) is 4.42. The Balaban J connectivity index is 0.00000242. The smallest absolute Gasteiger partial charge is 0.257 e. The molecule has 1 fully saturated rings. The molecule has 1 heterocycles. The molecule has 0 radical (unpaired) electrons. The molecular weight excluding hydrogens is 309 g/mol. The number of halogens is 2. The number of piperazine rings is 1. The Labute approximate surface area is 135 Å². The minimum atomic E-state index is -0.563. The van der Waals surface area contributed by atoms with Crippen LogP contribution < -0.4 is 5.32 Å². The maximum Gasteiger partial charge on any atom is 0.257 e. The number of nitrogens with zero attached hydrogens (tertiary/aromatic N) is 2. The molecule has 1 saturated heterocycles. The Bertz CT molecular complexity index is 548. The number of aryl methyl sites for hydroxylation is 1. The molecule has 0 spiro atoms. The number of amides is 2. The van der Waals surface area contributed by atoms with Gasteiger partial charge in [0.2, 0.25) is 5.91 Å². The van der Waals surface area contributed by atoms with Gasteiger partial charge in [-0.3, -0.25) is 9.59 Å². The SMILES string of the molecule is Cc1ccc(F)c(C(=O)N(C)CC(=O)N2CCNCC2)c1.Cl. The van der Waals surface area contributed by atoms with Crippen molar-refractivity contribution in [1.82, 2.24) is 15.1 Å². The Hall–Kier alpha value is -1.66. The number of hydrogen-bond donors (Lipinski definition) is 1. The van der Waals surface area contributed by atoms with E-state index >= 15 is 0 Å². The molecular formula is C15H21ClFN3O2. The third-order valence-electron chi connectivity index (χ3n) is 3.54. The van der Waals surface area contributed by atoms with E-state index in [1.165, 1.54) is 24.1 Å². The summed E-state index contributed by atoms with van der Waals surface area (Å²) in [6, 6.07) is 4.38. The second-order valence-electron chi connectivity index (χ2n) is 5.28. The fourth-order valence-corrected chi connectivity index (χ4v) is 2.30. The van der Waals surface area contributed by atoms with Crippen molar-refractivity contribution in [1.29, 1.82) is 0 Å². The predicted octanol–water partition coefficient (Wildman–Crippen LogP) is 1.06. The lowest BCUT2D eigenvalue weighted by Gasteiger charge is -2.29. The van der Waals surface area contributed by atoms with E-state index in [4.69, 9.17) is 0 Å². The quantitative estimate of drug-likeness (QED) is 0.902. The summed E-state index contributed by atoms with van der Waals surface area (Å²) < 4.78 is 13.7. The second kappa shape index (κ2) is 8.10. The van der Waals surface area contributed by atoms with Gasteiger partial charge >= 0.3 is 0 Å². The van der Waals surface area contributed by atoms with Crippen LogP contribution in [0.2, 0.25) is 0 Å². The highest BCUT2D eigenvalue weighted by Gasteiger charge is 2.22. The van der Waals surface area contributed by atoms with Crippen LogP contribution in [0.5, 0.6) is 0 Å². The van der Waals surface area contributed by atoms with E-state index in [0.717, 1.165) is 18.7 Å². The van der Waals surface area contributed by atoms with Gasteiger partial charge in [-0.2, -0.15) is 0 Å². The topological polar surface area (TPSA) is 52.7 Å². The van der Waals surface area contributed by atoms with Crippen LogP contribution in [-0.4, -0.2) is 61.4 Å². The molecule has 1 aromatic rings. The first kappa shape index (κ1) is 18.4. The van der Waals surface area contributed by atoms with E-state index in [0.29, 0.717) is 13.1 Å². The lowest BCUT2D eigenvalue weighted by atomic mass is 10.1. The van der Waals surface area contributed by atoms with Crippen molar-refractivity contribution >= 4 is 24.2 Å². The zero-order chi connectivity index (χ0) is 15.4. The largest absolute Gasteiger partial charge is 0.339 e. The fraction of sp³-hybridized carbons (Fsp3) is 0.467. The van der Waals surface area contributed by atoms with E-state index in [1.807, 2.05) is 0 Å². The van der Waals surface area contributed by atoms with Crippen molar-refractivity contribution in [3.05, 3.63) is 35.1 Å². The molecule has 22 heavy (non-hydrogen) atoms. The fourth-order valence-electron chi connectivity index (χ4n) is 2.30. The van der Waals surface area contributed by atoms with Crippen molar-refractivity contribution < 1.29 is 14.0 Å². The summed E-state index contributed by atoms with van der Waals surface area (Å²) in [7, 11) is 1.52. The summed E-state index contributed by atoms with van der Waals surface area (Å²) in [5.74, 6) is -1.15. The highest BCUT2D eigenvalue weighted by molar-refractivity contribution is 5.96. The number of likely N-dealkylation sites (N-methyl/N-ethyl adjacent to an activating group) is 1. The molecule has 1 aliphatic heterocycles. The molecule has 1 aliphatic rings. The highest BCUT2D eigenvalue weighted by Crippen LogP contribution is 2.12. The first-order valence-electron chi connectivity index (χ1n) is 6.99. The molecule has 0 saturated carbocycles. The van der Waals surface area contributed by atoms with E-state index in [1.54, 1.807) is 17.9 Å². The third-order valence-corrected chi connectivity index (χ3v) is 3.54. The van der Waals surface area contributed by atoms with Gasteiger partial charge in [0.15, 0.2) is 0 Å². The Morgan fingerprint density at radius 3 is 2.59 bits per heavy atom. The molecule has 0 aliphatic carbocycles. The minimum absolute atomic E-state index is 0. The molecule has 2 rings (SSSR count). The van der Waals surface area contributed by atoms with Gasteiger partial charge in [0.05, 0.1) is 12.1 Å². The Morgan fingerprint density at radius 2 is 1.95 bits per heavy atom.